The first-order valence-electron chi connectivity index (χ1n) is 12.0. The number of carbonyl (C=O) groups is 1. The molecule has 0 spiro atoms. The molecule has 4 nitrogen and oxygen atoms in total. The SMILES string of the molecule is CCCCCCN(CCCCCC)C(=O)c1nc(-c2ccccc2)c2cc(Cl)ccc2n1. The molecule has 0 N–H and O–H groups in total. The van der Waals surface area contributed by atoms with Gasteiger partial charge in [0.2, 0.25) is 5.82 Å². The number of carbonyl (C=O) groups excluding carboxylic acids is 1. The van der Waals surface area contributed by atoms with E-state index in [0.29, 0.717) is 5.02 Å². The van der Waals surface area contributed by atoms with Gasteiger partial charge in [-0.2, -0.15) is 0 Å². The largest absolute Gasteiger partial charge is 0.336 e. The molecule has 1 heterocycles. The van der Waals surface area contributed by atoms with Crippen LogP contribution in [0.2, 0.25) is 5.02 Å². The number of amides is 1. The molecule has 2 aromatic carbocycles. The molecule has 3 aromatic rings. The number of hydrogen-bond acceptors (Lipinski definition) is 3. The standard InChI is InChI=1S/C27H34ClN3O/c1-3-5-7-12-18-31(19-13-8-6-4-2)27(32)26-29-24-17-16-22(28)20-23(24)25(30-26)21-14-10-9-11-15-21/h9-11,14-17,20H,3-8,12-13,18-19H2,1-2H3. The van der Waals surface area contributed by atoms with Crippen LogP contribution in [0.3, 0.4) is 0 Å². The Morgan fingerprint density at radius 3 is 2.12 bits per heavy atom. The molecule has 0 saturated heterocycles. The van der Waals surface area contributed by atoms with Gasteiger partial charge in [-0.3, -0.25) is 4.79 Å². The molecule has 0 bridgehead atoms. The normalized spacial score (nSPS) is 11.1. The fourth-order valence-electron chi connectivity index (χ4n) is 3.93. The molecule has 170 valence electrons. The van der Waals surface area contributed by atoms with E-state index < -0.39 is 0 Å². The van der Waals surface area contributed by atoms with Gasteiger partial charge >= 0.3 is 0 Å². The number of nitrogens with zero attached hydrogens (tertiary/aromatic N) is 3. The Morgan fingerprint density at radius 1 is 0.844 bits per heavy atom. The minimum absolute atomic E-state index is 0.0768. The minimum Gasteiger partial charge on any atom is -0.336 e. The Bertz CT molecular complexity index is 994. The maximum Gasteiger partial charge on any atom is 0.291 e. The van der Waals surface area contributed by atoms with Crippen LogP contribution < -0.4 is 0 Å². The van der Waals surface area contributed by atoms with E-state index in [1.54, 1.807) is 0 Å². The highest BCUT2D eigenvalue weighted by Crippen LogP contribution is 2.28. The van der Waals surface area contributed by atoms with Crippen LogP contribution in [0.1, 0.15) is 75.8 Å². The molecule has 0 radical (unpaired) electrons. The lowest BCUT2D eigenvalue weighted by Crippen LogP contribution is -2.34. The fourth-order valence-corrected chi connectivity index (χ4v) is 4.10. The number of aromatic nitrogens is 2. The minimum atomic E-state index is -0.0768. The molecule has 0 saturated carbocycles. The number of rotatable bonds is 12. The van der Waals surface area contributed by atoms with Crippen LogP contribution in [-0.2, 0) is 0 Å². The summed E-state index contributed by atoms with van der Waals surface area (Å²) in [6.07, 6.45) is 9.07. The Balaban J connectivity index is 1.93. The quantitative estimate of drug-likeness (QED) is 0.267. The van der Waals surface area contributed by atoms with Crippen LogP contribution in [-0.4, -0.2) is 33.9 Å². The van der Waals surface area contributed by atoms with E-state index in [0.717, 1.165) is 60.9 Å². The van der Waals surface area contributed by atoms with Gasteiger partial charge < -0.3 is 4.90 Å². The first-order chi connectivity index (χ1) is 15.6. The molecule has 0 aliphatic heterocycles. The van der Waals surface area contributed by atoms with Gasteiger partial charge in [0.15, 0.2) is 0 Å². The van der Waals surface area contributed by atoms with Gasteiger partial charge in [0.25, 0.3) is 5.91 Å². The molecular weight excluding hydrogens is 418 g/mol. The molecule has 0 fully saturated rings. The number of fused-ring (bicyclic) bond motifs is 1. The van der Waals surface area contributed by atoms with E-state index in [-0.39, 0.29) is 11.7 Å². The average Bonchev–Trinajstić information content (AvgIpc) is 2.82. The van der Waals surface area contributed by atoms with Crippen molar-refractivity contribution in [2.24, 2.45) is 0 Å². The van der Waals surface area contributed by atoms with Crippen LogP contribution in [0.15, 0.2) is 48.5 Å². The summed E-state index contributed by atoms with van der Waals surface area (Å²) in [5, 5.41) is 1.49. The third kappa shape index (κ3) is 6.52. The van der Waals surface area contributed by atoms with E-state index >= 15 is 0 Å². The third-order valence-electron chi connectivity index (χ3n) is 5.75. The zero-order chi connectivity index (χ0) is 22.8. The van der Waals surface area contributed by atoms with Gasteiger partial charge in [0.05, 0.1) is 11.2 Å². The highest BCUT2D eigenvalue weighted by molar-refractivity contribution is 6.31. The Labute approximate surface area is 197 Å². The number of benzene rings is 2. The molecule has 5 heteroatoms. The first-order valence-corrected chi connectivity index (χ1v) is 12.3. The van der Waals surface area contributed by atoms with Crippen molar-refractivity contribution in [2.75, 3.05) is 13.1 Å². The average molecular weight is 452 g/mol. The van der Waals surface area contributed by atoms with Gasteiger partial charge in [-0.1, -0.05) is 94.3 Å². The smallest absolute Gasteiger partial charge is 0.291 e. The summed E-state index contributed by atoms with van der Waals surface area (Å²) >= 11 is 6.27. The zero-order valence-electron chi connectivity index (χ0n) is 19.3. The van der Waals surface area contributed by atoms with Crippen LogP contribution >= 0.6 is 11.6 Å². The summed E-state index contributed by atoms with van der Waals surface area (Å²) in [7, 11) is 0. The van der Waals surface area contributed by atoms with Crippen molar-refractivity contribution in [3.63, 3.8) is 0 Å². The zero-order valence-corrected chi connectivity index (χ0v) is 20.1. The topological polar surface area (TPSA) is 46.1 Å². The van der Waals surface area contributed by atoms with Gasteiger partial charge in [0.1, 0.15) is 0 Å². The molecule has 32 heavy (non-hydrogen) atoms. The number of unbranched alkanes of at least 4 members (excludes halogenated alkanes) is 6. The summed E-state index contributed by atoms with van der Waals surface area (Å²) in [6, 6.07) is 15.5. The molecule has 0 unspecified atom stereocenters. The van der Waals surface area contributed by atoms with E-state index in [4.69, 9.17) is 16.6 Å². The molecular formula is C27H34ClN3O. The van der Waals surface area contributed by atoms with E-state index in [9.17, 15) is 4.79 Å². The summed E-state index contributed by atoms with van der Waals surface area (Å²) in [4.78, 5) is 24.9. The number of halogens is 1. The third-order valence-corrected chi connectivity index (χ3v) is 5.98. The predicted molar refractivity (Wildman–Crippen MR) is 134 cm³/mol. The molecule has 0 aliphatic rings. The summed E-state index contributed by atoms with van der Waals surface area (Å²) < 4.78 is 0. The summed E-state index contributed by atoms with van der Waals surface area (Å²) in [5.74, 6) is 0.191. The lowest BCUT2D eigenvalue weighted by Gasteiger charge is -2.22. The van der Waals surface area contributed by atoms with Crippen LogP contribution in [0, 0.1) is 0 Å². The van der Waals surface area contributed by atoms with Crippen molar-refractivity contribution in [2.45, 2.75) is 65.2 Å². The maximum atomic E-state index is 13.5. The van der Waals surface area contributed by atoms with Crippen LogP contribution in [0.25, 0.3) is 22.2 Å². The first kappa shape index (κ1) is 24.2. The summed E-state index contributed by atoms with van der Waals surface area (Å²) in [6.45, 7) is 5.92. The summed E-state index contributed by atoms with van der Waals surface area (Å²) in [5.41, 5.74) is 2.44. The molecule has 1 aromatic heterocycles. The highest BCUT2D eigenvalue weighted by Gasteiger charge is 2.21. The van der Waals surface area contributed by atoms with E-state index in [1.165, 1.54) is 25.7 Å². The lowest BCUT2D eigenvalue weighted by atomic mass is 10.1. The van der Waals surface area contributed by atoms with Crippen molar-refractivity contribution >= 4 is 28.4 Å². The van der Waals surface area contributed by atoms with Crippen LogP contribution in [0.5, 0.6) is 0 Å². The van der Waals surface area contributed by atoms with Crippen molar-refractivity contribution in [1.82, 2.24) is 14.9 Å². The number of hydrogen-bond donors (Lipinski definition) is 0. The molecule has 0 atom stereocenters. The second-order valence-corrected chi connectivity index (χ2v) is 8.77. The molecule has 3 rings (SSSR count). The molecule has 0 aliphatic carbocycles. The van der Waals surface area contributed by atoms with Gasteiger partial charge in [-0.25, -0.2) is 9.97 Å². The fraction of sp³-hybridized carbons (Fsp3) is 0.444. The Hall–Kier alpha value is -2.46. The molecule has 1 amide bonds. The van der Waals surface area contributed by atoms with Crippen molar-refractivity contribution in [1.29, 1.82) is 0 Å². The monoisotopic (exact) mass is 451 g/mol. The second kappa shape index (κ2) is 12.5. The highest BCUT2D eigenvalue weighted by atomic mass is 35.5. The van der Waals surface area contributed by atoms with E-state index in [2.05, 4.69) is 18.8 Å². The second-order valence-electron chi connectivity index (χ2n) is 8.34. The van der Waals surface area contributed by atoms with Crippen LogP contribution in [0.4, 0.5) is 0 Å². The van der Waals surface area contributed by atoms with Crippen molar-refractivity contribution in [3.05, 3.63) is 59.4 Å². The van der Waals surface area contributed by atoms with Gasteiger partial charge in [-0.15, -0.1) is 0 Å². The van der Waals surface area contributed by atoms with Crippen molar-refractivity contribution in [3.8, 4) is 11.3 Å². The van der Waals surface area contributed by atoms with E-state index in [1.807, 2.05) is 53.4 Å². The predicted octanol–water partition coefficient (Wildman–Crippen LogP) is 7.55. The van der Waals surface area contributed by atoms with Gasteiger partial charge in [-0.05, 0) is 31.0 Å². The Kier molecular flexibility index (Phi) is 9.48. The lowest BCUT2D eigenvalue weighted by molar-refractivity contribution is 0.0737. The maximum absolute atomic E-state index is 13.5. The van der Waals surface area contributed by atoms with Crippen molar-refractivity contribution < 1.29 is 4.79 Å². The van der Waals surface area contributed by atoms with Gasteiger partial charge in [0, 0.05) is 29.1 Å². The Morgan fingerprint density at radius 2 is 1.50 bits per heavy atom.